The highest BCUT2D eigenvalue weighted by atomic mass is 15.1. The Kier molecular flexibility index (Phi) is 3.76. The van der Waals surface area contributed by atoms with Gasteiger partial charge in [-0.3, -0.25) is 9.38 Å². The standard InChI is InChI=1S/C23H21N5/c1-14-4-3-5-15(2)21(14)22-23(28-11-10-25-13-20(28)27-22)26-17-7-8-18-16(12-17)6-9-19(18)24/h3-5,7-8,10-13,24,26H,6,9H2,1-2H3. The average molecular weight is 367 g/mol. The van der Waals surface area contributed by atoms with E-state index in [2.05, 4.69) is 54.5 Å². The largest absolute Gasteiger partial charge is 0.339 e. The molecule has 1 aliphatic rings. The van der Waals surface area contributed by atoms with Crippen molar-refractivity contribution in [1.82, 2.24) is 14.4 Å². The van der Waals surface area contributed by atoms with Crippen LogP contribution in [0.25, 0.3) is 16.9 Å². The zero-order chi connectivity index (χ0) is 19.3. The first-order chi connectivity index (χ1) is 13.6. The molecule has 2 N–H and O–H groups in total. The predicted octanol–water partition coefficient (Wildman–Crippen LogP) is 5.07. The molecule has 1 aliphatic carbocycles. The maximum Gasteiger partial charge on any atom is 0.157 e. The van der Waals surface area contributed by atoms with Crippen molar-refractivity contribution in [3.63, 3.8) is 0 Å². The fourth-order valence-corrected chi connectivity index (χ4v) is 4.09. The molecule has 0 radical (unpaired) electrons. The normalized spacial score (nSPS) is 13.1. The maximum atomic E-state index is 8.06. The van der Waals surface area contributed by atoms with E-state index in [1.165, 1.54) is 16.7 Å². The summed E-state index contributed by atoms with van der Waals surface area (Å²) < 4.78 is 2.05. The Balaban J connectivity index is 1.68. The Labute approximate surface area is 163 Å². The van der Waals surface area contributed by atoms with Crippen LogP contribution in [0, 0.1) is 19.3 Å². The number of benzene rings is 2. The molecule has 5 rings (SSSR count). The van der Waals surface area contributed by atoms with Gasteiger partial charge in [0.1, 0.15) is 11.5 Å². The predicted molar refractivity (Wildman–Crippen MR) is 113 cm³/mol. The smallest absolute Gasteiger partial charge is 0.157 e. The van der Waals surface area contributed by atoms with Crippen molar-refractivity contribution in [3.8, 4) is 11.3 Å². The van der Waals surface area contributed by atoms with Gasteiger partial charge in [-0.1, -0.05) is 24.3 Å². The summed E-state index contributed by atoms with van der Waals surface area (Å²) in [6.07, 6.45) is 7.26. The second-order valence-corrected chi connectivity index (χ2v) is 7.36. The van der Waals surface area contributed by atoms with E-state index >= 15 is 0 Å². The lowest BCUT2D eigenvalue weighted by Gasteiger charge is -2.13. The van der Waals surface area contributed by atoms with Crippen molar-refractivity contribution >= 4 is 22.9 Å². The molecule has 0 bridgehead atoms. The highest BCUT2D eigenvalue weighted by molar-refractivity contribution is 6.02. The number of aryl methyl sites for hydroxylation is 3. The van der Waals surface area contributed by atoms with Crippen molar-refractivity contribution in [2.75, 3.05) is 5.32 Å². The van der Waals surface area contributed by atoms with E-state index in [-0.39, 0.29) is 0 Å². The molecule has 2 aromatic carbocycles. The summed E-state index contributed by atoms with van der Waals surface area (Å²) in [4.78, 5) is 9.12. The monoisotopic (exact) mass is 367 g/mol. The second-order valence-electron chi connectivity index (χ2n) is 7.36. The minimum Gasteiger partial charge on any atom is -0.339 e. The number of nitrogens with one attached hydrogen (secondary N) is 2. The molecule has 0 saturated heterocycles. The highest BCUT2D eigenvalue weighted by Gasteiger charge is 2.20. The van der Waals surface area contributed by atoms with Gasteiger partial charge in [-0.15, -0.1) is 0 Å². The van der Waals surface area contributed by atoms with Gasteiger partial charge in [-0.2, -0.15) is 0 Å². The summed E-state index contributed by atoms with van der Waals surface area (Å²) in [5, 5.41) is 11.7. The molecule has 0 fully saturated rings. The molecule has 4 aromatic rings. The van der Waals surface area contributed by atoms with Crippen molar-refractivity contribution in [1.29, 1.82) is 5.41 Å². The van der Waals surface area contributed by atoms with Gasteiger partial charge in [0, 0.05) is 29.4 Å². The van der Waals surface area contributed by atoms with Gasteiger partial charge in [0.25, 0.3) is 0 Å². The average Bonchev–Trinajstić information content (AvgIpc) is 3.23. The Morgan fingerprint density at radius 1 is 1.07 bits per heavy atom. The van der Waals surface area contributed by atoms with E-state index in [0.29, 0.717) is 0 Å². The summed E-state index contributed by atoms with van der Waals surface area (Å²) in [6, 6.07) is 12.6. The van der Waals surface area contributed by atoms with Crippen molar-refractivity contribution in [2.45, 2.75) is 26.7 Å². The summed E-state index contributed by atoms with van der Waals surface area (Å²) >= 11 is 0. The zero-order valence-electron chi connectivity index (χ0n) is 16.0. The molecule has 138 valence electrons. The van der Waals surface area contributed by atoms with Crippen molar-refractivity contribution in [3.05, 3.63) is 77.2 Å². The van der Waals surface area contributed by atoms with E-state index in [0.717, 1.165) is 52.5 Å². The fraction of sp³-hybridized carbons (Fsp3) is 0.174. The van der Waals surface area contributed by atoms with Gasteiger partial charge >= 0.3 is 0 Å². The van der Waals surface area contributed by atoms with Gasteiger partial charge in [-0.25, -0.2) is 4.98 Å². The second kappa shape index (κ2) is 6.30. The third kappa shape index (κ3) is 2.59. The lowest BCUT2D eigenvalue weighted by molar-refractivity contribution is 1.09. The van der Waals surface area contributed by atoms with E-state index in [1.807, 2.05) is 16.7 Å². The molecule has 2 heterocycles. The molecule has 0 spiro atoms. The van der Waals surface area contributed by atoms with Crippen LogP contribution < -0.4 is 5.32 Å². The van der Waals surface area contributed by atoms with Crippen molar-refractivity contribution < 1.29 is 0 Å². The summed E-state index contributed by atoms with van der Waals surface area (Å²) in [5.74, 6) is 0.933. The van der Waals surface area contributed by atoms with Gasteiger partial charge in [0.15, 0.2) is 5.65 Å². The summed E-state index contributed by atoms with van der Waals surface area (Å²) in [6.45, 7) is 4.24. The third-order valence-electron chi connectivity index (χ3n) is 5.49. The lowest BCUT2D eigenvalue weighted by Crippen LogP contribution is -2.00. The maximum absolute atomic E-state index is 8.06. The first-order valence-electron chi connectivity index (χ1n) is 9.48. The topological polar surface area (TPSA) is 66.1 Å². The molecule has 0 unspecified atom stereocenters. The quantitative estimate of drug-likeness (QED) is 0.531. The fourth-order valence-electron chi connectivity index (χ4n) is 4.09. The zero-order valence-corrected chi connectivity index (χ0v) is 16.0. The molecule has 5 nitrogen and oxygen atoms in total. The van der Waals surface area contributed by atoms with Crippen LogP contribution >= 0.6 is 0 Å². The summed E-state index contributed by atoms with van der Waals surface area (Å²) in [7, 11) is 0. The first-order valence-corrected chi connectivity index (χ1v) is 9.48. The highest BCUT2D eigenvalue weighted by Crippen LogP contribution is 2.35. The molecule has 0 aliphatic heterocycles. The minimum atomic E-state index is 0.735. The van der Waals surface area contributed by atoms with Gasteiger partial charge in [0.2, 0.25) is 0 Å². The molecule has 0 amide bonds. The number of imidazole rings is 1. The minimum absolute atomic E-state index is 0.735. The number of hydrogen-bond donors (Lipinski definition) is 2. The number of hydrogen-bond acceptors (Lipinski definition) is 4. The molecule has 0 atom stereocenters. The number of rotatable bonds is 3. The summed E-state index contributed by atoms with van der Waals surface area (Å²) in [5.41, 5.74) is 9.34. The molecule has 2 aromatic heterocycles. The van der Waals surface area contributed by atoms with Crippen LogP contribution in [0.4, 0.5) is 11.5 Å². The number of aromatic nitrogens is 3. The third-order valence-corrected chi connectivity index (χ3v) is 5.49. The Bertz CT molecular complexity index is 1210. The molecule has 0 saturated carbocycles. The van der Waals surface area contributed by atoms with Gasteiger partial charge in [-0.05, 0) is 61.1 Å². The van der Waals surface area contributed by atoms with Crippen molar-refractivity contribution in [2.24, 2.45) is 0 Å². The Morgan fingerprint density at radius 3 is 2.71 bits per heavy atom. The van der Waals surface area contributed by atoms with Crippen LogP contribution in [-0.4, -0.2) is 20.1 Å². The van der Waals surface area contributed by atoms with Crippen LogP contribution in [0.2, 0.25) is 0 Å². The molecular weight excluding hydrogens is 346 g/mol. The van der Waals surface area contributed by atoms with E-state index in [4.69, 9.17) is 10.4 Å². The Morgan fingerprint density at radius 2 is 1.89 bits per heavy atom. The number of nitrogens with zero attached hydrogens (tertiary/aromatic N) is 3. The molecular formula is C23H21N5. The van der Waals surface area contributed by atoms with E-state index in [1.54, 1.807) is 12.4 Å². The molecule has 5 heteroatoms. The lowest BCUT2D eigenvalue weighted by atomic mass is 10.00. The van der Waals surface area contributed by atoms with Crippen LogP contribution in [0.3, 0.4) is 0 Å². The SMILES string of the molecule is Cc1cccc(C)c1-c1nc2cnccn2c1Nc1ccc2c(c1)CCC2=N. The number of fused-ring (bicyclic) bond motifs is 2. The van der Waals surface area contributed by atoms with E-state index in [9.17, 15) is 0 Å². The van der Waals surface area contributed by atoms with Crippen LogP contribution in [0.15, 0.2) is 55.0 Å². The number of anilines is 2. The molecule has 28 heavy (non-hydrogen) atoms. The first kappa shape index (κ1) is 16.7. The van der Waals surface area contributed by atoms with Crippen LogP contribution in [0.5, 0.6) is 0 Å². The van der Waals surface area contributed by atoms with Crippen LogP contribution in [-0.2, 0) is 6.42 Å². The van der Waals surface area contributed by atoms with Crippen LogP contribution in [0.1, 0.15) is 28.7 Å². The Hall–Kier alpha value is -3.47. The van der Waals surface area contributed by atoms with Gasteiger partial charge in [0.05, 0.1) is 6.20 Å². The van der Waals surface area contributed by atoms with E-state index < -0.39 is 0 Å². The van der Waals surface area contributed by atoms with Gasteiger partial charge < -0.3 is 10.7 Å².